The number of unbranched alkanes of at least 4 members (excludes halogenated alkanes) is 2. The fraction of sp³-hybridized carbons (Fsp3) is 0.439. The molecule has 14 heteroatoms. The number of carbonyl (C=O) groups excluding carboxylic acids is 4. The largest absolute Gasteiger partial charge is 0.495 e. The Labute approximate surface area is 323 Å². The van der Waals surface area contributed by atoms with Gasteiger partial charge in [-0.05, 0) is 109 Å². The van der Waals surface area contributed by atoms with E-state index in [9.17, 15) is 19.2 Å². The first-order chi connectivity index (χ1) is 26.1. The Balaban J connectivity index is 1.38. The van der Waals surface area contributed by atoms with E-state index in [-0.39, 0.29) is 18.4 Å². The Hall–Kier alpha value is -5.63. The summed E-state index contributed by atoms with van der Waals surface area (Å²) in [4.78, 5) is 64.9. The smallest absolute Gasteiger partial charge is 0.408 e. The molecule has 0 spiro atoms. The summed E-state index contributed by atoms with van der Waals surface area (Å²) in [6.45, 7) is 9.36. The van der Waals surface area contributed by atoms with Crippen LogP contribution in [0.3, 0.4) is 0 Å². The number of hydrogen-bond acceptors (Lipinski definition) is 9. The first kappa shape index (κ1) is 42.1. The van der Waals surface area contributed by atoms with Crippen molar-refractivity contribution in [3.8, 4) is 11.5 Å². The van der Waals surface area contributed by atoms with Gasteiger partial charge in [0.1, 0.15) is 28.4 Å². The molecule has 0 saturated carbocycles. The quantitative estimate of drug-likeness (QED) is 0.104. The van der Waals surface area contributed by atoms with Crippen LogP contribution in [0.5, 0.6) is 11.5 Å². The summed E-state index contributed by atoms with van der Waals surface area (Å²) in [5.74, 6) is 0.753. The van der Waals surface area contributed by atoms with Crippen LogP contribution in [-0.4, -0.2) is 104 Å². The highest BCUT2D eigenvalue weighted by atomic mass is 16.6. The first-order valence-corrected chi connectivity index (χ1v) is 18.4. The lowest BCUT2D eigenvalue weighted by atomic mass is 10.1. The number of aryl methyl sites for hydroxylation is 1. The molecule has 296 valence electrons. The summed E-state index contributed by atoms with van der Waals surface area (Å²) in [5.41, 5.74) is 3.04. The van der Waals surface area contributed by atoms with Crippen molar-refractivity contribution in [2.24, 2.45) is 0 Å². The van der Waals surface area contributed by atoms with Gasteiger partial charge >= 0.3 is 6.09 Å². The molecule has 3 N–H and O–H groups in total. The van der Waals surface area contributed by atoms with Crippen molar-refractivity contribution in [1.29, 1.82) is 0 Å². The molecule has 0 radical (unpaired) electrons. The maximum absolute atomic E-state index is 13.8. The highest BCUT2D eigenvalue weighted by molar-refractivity contribution is 6.12. The number of ether oxygens (including phenoxy) is 3. The molecule has 1 heterocycles. The van der Waals surface area contributed by atoms with Crippen molar-refractivity contribution in [3.63, 3.8) is 0 Å². The minimum Gasteiger partial charge on any atom is -0.495 e. The van der Waals surface area contributed by atoms with Crippen molar-refractivity contribution in [1.82, 2.24) is 25.1 Å². The summed E-state index contributed by atoms with van der Waals surface area (Å²) < 4.78 is 17.1. The number of rotatable bonds is 17. The van der Waals surface area contributed by atoms with Crippen molar-refractivity contribution in [3.05, 3.63) is 77.1 Å². The normalized spacial score (nSPS) is 11.3. The van der Waals surface area contributed by atoms with Crippen molar-refractivity contribution < 1.29 is 33.4 Å². The van der Waals surface area contributed by atoms with Crippen LogP contribution in [0, 0.1) is 6.92 Å². The van der Waals surface area contributed by atoms with Crippen LogP contribution < -0.4 is 25.0 Å². The second-order valence-corrected chi connectivity index (χ2v) is 14.7. The topological polar surface area (TPSA) is 158 Å². The number of carbonyl (C=O) groups is 4. The third-order valence-corrected chi connectivity index (χ3v) is 8.68. The van der Waals surface area contributed by atoms with E-state index in [1.165, 1.54) is 12.0 Å². The van der Waals surface area contributed by atoms with Gasteiger partial charge in [0.05, 0.1) is 42.7 Å². The number of nitrogens with zero attached hydrogens (tertiary/aromatic N) is 4. The number of likely N-dealkylation sites (N-methyl/N-ethyl adjacent to an activating group) is 2. The molecule has 55 heavy (non-hydrogen) atoms. The van der Waals surface area contributed by atoms with Gasteiger partial charge < -0.3 is 44.5 Å². The maximum Gasteiger partial charge on any atom is 0.408 e. The monoisotopic (exact) mass is 757 g/mol. The number of nitrogens with one attached hydrogen (secondary N) is 3. The van der Waals surface area contributed by atoms with Gasteiger partial charge in [-0.25, -0.2) is 9.78 Å². The molecule has 14 nitrogen and oxygen atoms in total. The molecule has 0 fully saturated rings. The number of fused-ring (bicyclic) bond motifs is 1. The Bertz CT molecular complexity index is 1970. The van der Waals surface area contributed by atoms with E-state index in [2.05, 4.69) is 25.5 Å². The molecule has 0 atom stereocenters. The number of hydrogen-bond donors (Lipinski definition) is 3. The van der Waals surface area contributed by atoms with E-state index in [1.807, 2.05) is 46.3 Å². The van der Waals surface area contributed by atoms with Gasteiger partial charge in [-0.3, -0.25) is 14.4 Å². The molecule has 0 aliphatic carbocycles. The van der Waals surface area contributed by atoms with Gasteiger partial charge in [-0.1, -0.05) is 12.1 Å². The highest BCUT2D eigenvalue weighted by Gasteiger charge is 2.22. The van der Waals surface area contributed by atoms with E-state index in [0.29, 0.717) is 70.4 Å². The maximum atomic E-state index is 13.8. The Morgan fingerprint density at radius 3 is 2.36 bits per heavy atom. The summed E-state index contributed by atoms with van der Waals surface area (Å²) in [6.07, 6.45) is 2.31. The first-order valence-electron chi connectivity index (χ1n) is 18.4. The lowest BCUT2D eigenvalue weighted by Crippen LogP contribution is -2.33. The fourth-order valence-electron chi connectivity index (χ4n) is 5.66. The third-order valence-electron chi connectivity index (χ3n) is 8.68. The molecule has 4 aromatic rings. The fourth-order valence-corrected chi connectivity index (χ4v) is 5.66. The molecule has 4 rings (SSSR count). The molecule has 4 amide bonds. The molecule has 0 saturated heterocycles. The Morgan fingerprint density at radius 1 is 0.891 bits per heavy atom. The number of amides is 4. The highest BCUT2D eigenvalue weighted by Crippen LogP contribution is 2.32. The van der Waals surface area contributed by atoms with Crippen LogP contribution in [0.1, 0.15) is 78.6 Å². The number of H-pyrrole nitrogens is 1. The number of alkyl carbamates (subject to hydrolysis) is 1. The van der Waals surface area contributed by atoms with Gasteiger partial charge in [-0.15, -0.1) is 0 Å². The van der Waals surface area contributed by atoms with E-state index in [0.717, 1.165) is 31.4 Å². The number of para-hydroxylation sites is 1. The lowest BCUT2D eigenvalue weighted by molar-refractivity contribution is -0.130. The number of aromatic amines is 1. The third kappa shape index (κ3) is 12.2. The number of aromatic nitrogens is 2. The second kappa shape index (κ2) is 19.1. The van der Waals surface area contributed by atoms with Crippen molar-refractivity contribution in [2.75, 3.05) is 65.2 Å². The van der Waals surface area contributed by atoms with Crippen LogP contribution >= 0.6 is 0 Å². The standard InChI is InChI=1S/C41H55N7O7/c1-27-17-20-32(34(24-27)54-23-12-10-11-16-36(49)47(7)22-21-46(5)6)48(8)39(51)28-18-19-30(33(25-28)53-9)44-38(50)29-14-13-15-31-37(29)45-35(43-31)26-42-40(52)55-41(2,3)4/h13-15,17-20,24-25H,10-12,16,21-23,26H2,1-9H3,(H,42,52)(H,43,45)(H,44,50). The van der Waals surface area contributed by atoms with Crippen molar-refractivity contribution in [2.45, 2.75) is 65.5 Å². The zero-order valence-corrected chi connectivity index (χ0v) is 33.5. The summed E-state index contributed by atoms with van der Waals surface area (Å²) in [6, 6.07) is 15.7. The van der Waals surface area contributed by atoms with Crippen LogP contribution in [0.25, 0.3) is 11.0 Å². The van der Waals surface area contributed by atoms with E-state index in [4.69, 9.17) is 14.2 Å². The Kier molecular flexibility index (Phi) is 14.6. The van der Waals surface area contributed by atoms with Crippen LogP contribution in [-0.2, 0) is 16.1 Å². The molecular weight excluding hydrogens is 702 g/mol. The molecule has 1 aromatic heterocycles. The van der Waals surface area contributed by atoms with E-state index < -0.39 is 17.6 Å². The van der Waals surface area contributed by atoms with E-state index in [1.54, 1.807) is 69.1 Å². The molecule has 0 aliphatic rings. The lowest BCUT2D eigenvalue weighted by Gasteiger charge is -2.22. The van der Waals surface area contributed by atoms with Gasteiger partial charge in [-0.2, -0.15) is 0 Å². The summed E-state index contributed by atoms with van der Waals surface area (Å²) >= 11 is 0. The number of benzene rings is 3. The van der Waals surface area contributed by atoms with Crippen LogP contribution in [0.2, 0.25) is 0 Å². The van der Waals surface area contributed by atoms with Gasteiger partial charge in [0.15, 0.2) is 0 Å². The van der Waals surface area contributed by atoms with E-state index >= 15 is 0 Å². The average molecular weight is 758 g/mol. The van der Waals surface area contributed by atoms with Crippen LogP contribution in [0.15, 0.2) is 54.6 Å². The minimum absolute atomic E-state index is 0.0812. The summed E-state index contributed by atoms with van der Waals surface area (Å²) in [5, 5.41) is 5.54. The predicted molar refractivity (Wildman–Crippen MR) is 214 cm³/mol. The average Bonchev–Trinajstić information content (AvgIpc) is 3.56. The molecule has 0 bridgehead atoms. The van der Waals surface area contributed by atoms with Crippen molar-refractivity contribution >= 4 is 46.2 Å². The molecule has 0 unspecified atom stereocenters. The van der Waals surface area contributed by atoms with Gasteiger partial charge in [0.2, 0.25) is 5.91 Å². The number of anilines is 2. The SMILES string of the molecule is COc1cc(C(=O)N(C)c2ccc(C)cc2OCCCCCC(=O)N(C)CCN(C)C)ccc1NC(=O)c1cccc2[nH]c(CNC(=O)OC(C)(C)C)nc12. The zero-order valence-electron chi connectivity index (χ0n) is 33.5. The molecule has 3 aromatic carbocycles. The number of methoxy groups -OCH3 is 1. The van der Waals surface area contributed by atoms with Gasteiger partial charge in [0, 0.05) is 39.2 Å². The number of imidazole rings is 1. The van der Waals surface area contributed by atoms with Crippen LogP contribution in [0.4, 0.5) is 16.2 Å². The predicted octanol–water partition coefficient (Wildman–Crippen LogP) is 6.39. The second-order valence-electron chi connectivity index (χ2n) is 14.7. The van der Waals surface area contributed by atoms with Gasteiger partial charge in [0.25, 0.3) is 11.8 Å². The molecule has 0 aliphatic heterocycles. The summed E-state index contributed by atoms with van der Waals surface area (Å²) in [7, 11) is 8.97. The zero-order chi connectivity index (χ0) is 40.3. The molecular formula is C41H55N7O7. The Morgan fingerprint density at radius 2 is 1.65 bits per heavy atom. The minimum atomic E-state index is -0.639.